The Hall–Kier alpha value is -3.12. The zero-order valence-electron chi connectivity index (χ0n) is 18.2. The van der Waals surface area contributed by atoms with Crippen LogP contribution in [0.2, 0.25) is 0 Å². The number of nitrogens with one attached hydrogen (secondary N) is 2. The van der Waals surface area contributed by atoms with E-state index in [-0.39, 0.29) is 12.1 Å². The highest BCUT2D eigenvalue weighted by Crippen LogP contribution is 2.17. The molecule has 158 valence electrons. The smallest absolute Gasteiger partial charge is 0.315 e. The Morgan fingerprint density at radius 2 is 1.63 bits per heavy atom. The highest BCUT2D eigenvalue weighted by atomic mass is 16.2. The van der Waals surface area contributed by atoms with E-state index in [1.54, 1.807) is 0 Å². The maximum Gasteiger partial charge on any atom is 0.315 e. The van der Waals surface area contributed by atoms with Crippen molar-refractivity contribution >= 4 is 6.03 Å². The van der Waals surface area contributed by atoms with Crippen LogP contribution >= 0.6 is 0 Å². The minimum Gasteiger partial charge on any atom is -0.337 e. The average molecular weight is 406 g/mol. The fraction of sp³-hybridized carbons (Fsp3) is 0.333. The number of hydrogen-bond acceptors (Lipinski definition) is 3. The Labute approximate surface area is 178 Å². The van der Waals surface area contributed by atoms with Crippen molar-refractivity contribution < 1.29 is 4.79 Å². The number of hydrogen-bond donors (Lipinski definition) is 2. The maximum atomic E-state index is 12.4. The molecule has 2 aromatic carbocycles. The summed E-state index contributed by atoms with van der Waals surface area (Å²) in [5.74, 6) is 0. The zero-order chi connectivity index (χ0) is 21.5. The van der Waals surface area contributed by atoms with Gasteiger partial charge in [-0.3, -0.25) is 0 Å². The van der Waals surface area contributed by atoms with Gasteiger partial charge >= 0.3 is 6.03 Å². The van der Waals surface area contributed by atoms with Crippen molar-refractivity contribution in [2.75, 3.05) is 20.6 Å². The van der Waals surface area contributed by atoms with Gasteiger partial charge in [0.1, 0.15) is 0 Å². The molecule has 30 heavy (non-hydrogen) atoms. The molecule has 0 aliphatic rings. The Balaban J connectivity index is 1.56. The van der Waals surface area contributed by atoms with Crippen LogP contribution in [0.5, 0.6) is 0 Å². The maximum absolute atomic E-state index is 12.4. The summed E-state index contributed by atoms with van der Waals surface area (Å²) in [5, 5.41) is 10.6. The summed E-state index contributed by atoms with van der Waals surface area (Å²) in [5.41, 5.74) is 5.28. The number of aromatic nitrogens is 2. The molecular weight excluding hydrogens is 374 g/mol. The Morgan fingerprint density at radius 3 is 2.27 bits per heavy atom. The van der Waals surface area contributed by atoms with Gasteiger partial charge in [0, 0.05) is 30.4 Å². The molecule has 0 saturated carbocycles. The van der Waals surface area contributed by atoms with E-state index in [4.69, 9.17) is 0 Å². The molecule has 0 aliphatic heterocycles. The third kappa shape index (κ3) is 5.48. The predicted octanol–water partition coefficient (Wildman–Crippen LogP) is 3.46. The van der Waals surface area contributed by atoms with Crippen molar-refractivity contribution in [1.82, 2.24) is 25.3 Å². The lowest BCUT2D eigenvalue weighted by Gasteiger charge is -2.25. The molecule has 6 heteroatoms. The Morgan fingerprint density at radius 1 is 1.00 bits per heavy atom. The number of benzene rings is 2. The topological polar surface area (TPSA) is 62.2 Å². The monoisotopic (exact) mass is 405 g/mol. The summed E-state index contributed by atoms with van der Waals surface area (Å²) in [4.78, 5) is 14.6. The van der Waals surface area contributed by atoms with Crippen molar-refractivity contribution in [3.8, 4) is 5.69 Å². The molecule has 0 bridgehead atoms. The fourth-order valence-electron chi connectivity index (χ4n) is 3.52. The van der Waals surface area contributed by atoms with Crippen LogP contribution in [0, 0.1) is 13.8 Å². The molecule has 0 fully saturated rings. The molecule has 0 spiro atoms. The van der Waals surface area contributed by atoms with Crippen LogP contribution in [-0.2, 0) is 13.0 Å². The predicted molar refractivity (Wildman–Crippen MR) is 121 cm³/mol. The molecule has 1 heterocycles. The van der Waals surface area contributed by atoms with Crippen LogP contribution in [0.1, 0.15) is 22.5 Å². The van der Waals surface area contributed by atoms with Crippen molar-refractivity contribution in [2.24, 2.45) is 0 Å². The van der Waals surface area contributed by atoms with Crippen molar-refractivity contribution in [1.29, 1.82) is 0 Å². The van der Waals surface area contributed by atoms with Gasteiger partial charge in [0.25, 0.3) is 0 Å². The highest BCUT2D eigenvalue weighted by Gasteiger charge is 2.16. The van der Waals surface area contributed by atoms with Gasteiger partial charge in [-0.25, -0.2) is 9.48 Å². The fourth-order valence-corrected chi connectivity index (χ4v) is 3.52. The lowest BCUT2D eigenvalue weighted by molar-refractivity contribution is 0.231. The van der Waals surface area contributed by atoms with E-state index in [0.29, 0.717) is 13.1 Å². The molecule has 2 N–H and O–H groups in total. The quantitative estimate of drug-likeness (QED) is 0.603. The average Bonchev–Trinajstić information content (AvgIpc) is 3.04. The SMILES string of the molecule is Cc1nn(-c2ccccc2)c(C)c1CNC(=O)NCC(Cc1ccccc1)N(C)C. The standard InChI is InChI=1S/C24H31N5O/c1-18-23(19(2)29(27-18)21-13-9-6-10-14-21)17-26-24(30)25-16-22(28(3)4)15-20-11-7-5-8-12-20/h5-14,22H,15-17H2,1-4H3,(H2,25,26,30). The number of nitrogens with zero attached hydrogens (tertiary/aromatic N) is 3. The lowest BCUT2D eigenvalue weighted by atomic mass is 10.1. The molecule has 0 saturated heterocycles. The number of urea groups is 1. The molecule has 1 atom stereocenters. The first-order valence-corrected chi connectivity index (χ1v) is 10.3. The summed E-state index contributed by atoms with van der Waals surface area (Å²) in [7, 11) is 4.08. The molecule has 6 nitrogen and oxygen atoms in total. The van der Waals surface area contributed by atoms with E-state index >= 15 is 0 Å². The van der Waals surface area contributed by atoms with E-state index in [9.17, 15) is 4.79 Å². The van der Waals surface area contributed by atoms with Crippen molar-refractivity contribution in [3.63, 3.8) is 0 Å². The molecule has 1 unspecified atom stereocenters. The normalized spacial score (nSPS) is 12.0. The summed E-state index contributed by atoms with van der Waals surface area (Å²) < 4.78 is 1.92. The molecular formula is C24H31N5O. The summed E-state index contributed by atoms with van der Waals surface area (Å²) in [6, 6.07) is 20.4. The summed E-state index contributed by atoms with van der Waals surface area (Å²) >= 11 is 0. The first-order valence-electron chi connectivity index (χ1n) is 10.3. The second-order valence-corrected chi connectivity index (χ2v) is 7.77. The van der Waals surface area contributed by atoms with E-state index in [2.05, 4.69) is 32.8 Å². The van der Waals surface area contributed by atoms with E-state index in [1.807, 2.05) is 81.2 Å². The molecule has 3 rings (SSSR count). The third-order valence-corrected chi connectivity index (χ3v) is 5.41. The third-order valence-electron chi connectivity index (χ3n) is 5.41. The van der Waals surface area contributed by atoms with E-state index in [1.165, 1.54) is 5.56 Å². The zero-order valence-corrected chi connectivity index (χ0v) is 18.2. The second kappa shape index (κ2) is 10.1. The number of aryl methyl sites for hydroxylation is 1. The van der Waals surface area contributed by atoms with Crippen molar-refractivity contribution in [3.05, 3.63) is 83.2 Å². The van der Waals surface area contributed by atoms with Crippen molar-refractivity contribution in [2.45, 2.75) is 32.9 Å². The molecule has 2 amide bonds. The van der Waals surface area contributed by atoms with Gasteiger partial charge in [0.05, 0.1) is 11.4 Å². The minimum atomic E-state index is -0.166. The van der Waals surface area contributed by atoms with Gasteiger partial charge in [0.15, 0.2) is 0 Å². The van der Waals surface area contributed by atoms with Crippen LogP contribution < -0.4 is 10.6 Å². The Bertz CT molecular complexity index is 950. The van der Waals surface area contributed by atoms with Crippen LogP contribution in [0.3, 0.4) is 0 Å². The minimum absolute atomic E-state index is 0.166. The van der Waals surface area contributed by atoms with Gasteiger partial charge in [-0.1, -0.05) is 48.5 Å². The van der Waals surface area contributed by atoms with Gasteiger partial charge in [-0.2, -0.15) is 5.10 Å². The number of para-hydroxylation sites is 1. The number of carbonyl (C=O) groups excluding carboxylic acids is 1. The van der Waals surface area contributed by atoms with Crippen LogP contribution in [0.25, 0.3) is 5.69 Å². The lowest BCUT2D eigenvalue weighted by Crippen LogP contribution is -2.45. The molecule has 0 aliphatic carbocycles. The number of likely N-dealkylation sites (N-methyl/N-ethyl adjacent to an activating group) is 1. The van der Waals surface area contributed by atoms with Gasteiger partial charge in [-0.05, 0) is 52.1 Å². The van der Waals surface area contributed by atoms with Crippen LogP contribution in [0.4, 0.5) is 4.79 Å². The number of amides is 2. The van der Waals surface area contributed by atoms with E-state index < -0.39 is 0 Å². The van der Waals surface area contributed by atoms with Gasteiger partial charge in [-0.15, -0.1) is 0 Å². The largest absolute Gasteiger partial charge is 0.337 e. The van der Waals surface area contributed by atoms with Gasteiger partial charge in [0.2, 0.25) is 0 Å². The molecule has 0 radical (unpaired) electrons. The second-order valence-electron chi connectivity index (χ2n) is 7.77. The summed E-state index contributed by atoms with van der Waals surface area (Å²) in [6.45, 7) is 5.03. The number of rotatable bonds is 8. The molecule has 1 aromatic heterocycles. The summed E-state index contributed by atoms with van der Waals surface area (Å²) in [6.07, 6.45) is 0.885. The first-order chi connectivity index (χ1) is 14.5. The van der Waals surface area contributed by atoms with E-state index in [0.717, 1.165) is 29.1 Å². The first kappa shape index (κ1) is 21.6. The number of carbonyl (C=O) groups is 1. The van der Waals surface area contributed by atoms with Crippen LogP contribution in [-0.4, -0.2) is 47.4 Å². The van der Waals surface area contributed by atoms with Crippen LogP contribution in [0.15, 0.2) is 60.7 Å². The molecule has 3 aromatic rings. The Kier molecular flexibility index (Phi) is 7.25. The highest BCUT2D eigenvalue weighted by molar-refractivity contribution is 5.73. The van der Waals surface area contributed by atoms with Gasteiger partial charge < -0.3 is 15.5 Å².